The van der Waals surface area contributed by atoms with Crippen LogP contribution in [0.5, 0.6) is 0 Å². The number of benzene rings is 2. The van der Waals surface area contributed by atoms with Gasteiger partial charge in [-0.25, -0.2) is 4.98 Å². The van der Waals surface area contributed by atoms with E-state index in [-0.39, 0.29) is 17.7 Å². The number of hydrogen-bond donors (Lipinski definition) is 1. The minimum absolute atomic E-state index is 0.118. The first-order chi connectivity index (χ1) is 17.8. The average molecular weight is 527 g/mol. The summed E-state index contributed by atoms with van der Waals surface area (Å²) in [6.07, 6.45) is -1.69. The Morgan fingerprint density at radius 1 is 1.03 bits per heavy atom. The highest BCUT2D eigenvalue weighted by Crippen LogP contribution is 2.34. The Morgan fingerprint density at radius 2 is 1.76 bits per heavy atom. The molecule has 0 radical (unpaired) electrons. The Labute approximate surface area is 213 Å². The van der Waals surface area contributed by atoms with Gasteiger partial charge in [0.1, 0.15) is 12.0 Å². The van der Waals surface area contributed by atoms with Gasteiger partial charge >= 0.3 is 6.18 Å². The first kappa shape index (κ1) is 24.7. The molecule has 0 bridgehead atoms. The summed E-state index contributed by atoms with van der Waals surface area (Å²) in [5, 5.41) is 8.80. The zero-order valence-electron chi connectivity index (χ0n) is 19.4. The van der Waals surface area contributed by atoms with E-state index < -0.39 is 11.7 Å². The molecule has 5 rings (SSSR count). The molecule has 190 valence electrons. The van der Waals surface area contributed by atoms with Crippen molar-refractivity contribution in [1.29, 1.82) is 0 Å². The molecule has 0 saturated carbocycles. The van der Waals surface area contributed by atoms with Crippen LogP contribution < -0.4 is 5.32 Å². The lowest BCUT2D eigenvalue weighted by atomic mass is 9.94. The van der Waals surface area contributed by atoms with Gasteiger partial charge in [0.25, 0.3) is 11.8 Å². The Bertz CT molecular complexity index is 1390. The van der Waals surface area contributed by atoms with E-state index in [2.05, 4.69) is 15.5 Å². The second-order valence-corrected chi connectivity index (χ2v) is 9.49. The number of nitrogens with zero attached hydrogens (tertiary/aromatic N) is 3. The van der Waals surface area contributed by atoms with Crippen molar-refractivity contribution < 1.29 is 27.3 Å². The quantitative estimate of drug-likeness (QED) is 0.340. The van der Waals surface area contributed by atoms with Crippen molar-refractivity contribution in [2.75, 3.05) is 18.4 Å². The van der Waals surface area contributed by atoms with Gasteiger partial charge in [0.15, 0.2) is 5.82 Å². The first-order valence-corrected chi connectivity index (χ1v) is 12.4. The molecule has 7 nitrogen and oxygen atoms in total. The first-order valence-electron chi connectivity index (χ1n) is 11.5. The van der Waals surface area contributed by atoms with Crippen molar-refractivity contribution >= 4 is 29.0 Å². The van der Waals surface area contributed by atoms with E-state index >= 15 is 0 Å². The highest BCUT2D eigenvalue weighted by atomic mass is 32.1. The van der Waals surface area contributed by atoms with Gasteiger partial charge in [-0.05, 0) is 42.2 Å². The summed E-state index contributed by atoms with van der Waals surface area (Å²) in [5.41, 5.74) is 1.15. The largest absolute Gasteiger partial charge is 0.416 e. The molecule has 1 fully saturated rings. The minimum atomic E-state index is -4.42. The van der Waals surface area contributed by atoms with Crippen LogP contribution in [0.2, 0.25) is 0 Å². The number of thiazole rings is 1. The molecule has 2 aromatic heterocycles. The van der Waals surface area contributed by atoms with Crippen molar-refractivity contribution in [3.05, 3.63) is 88.1 Å². The fraction of sp³-hybridized carbons (Fsp3) is 0.231. The van der Waals surface area contributed by atoms with Crippen LogP contribution in [0.15, 0.2) is 70.8 Å². The van der Waals surface area contributed by atoms with E-state index in [1.807, 2.05) is 0 Å². The lowest BCUT2D eigenvalue weighted by molar-refractivity contribution is -0.137. The van der Waals surface area contributed by atoms with Crippen molar-refractivity contribution in [3.8, 4) is 11.1 Å². The number of rotatable bonds is 5. The topological polar surface area (TPSA) is 88.3 Å². The summed E-state index contributed by atoms with van der Waals surface area (Å²) in [4.78, 5) is 32.0. The molecule has 37 heavy (non-hydrogen) atoms. The zero-order chi connectivity index (χ0) is 26.0. The Balaban J connectivity index is 1.24. The normalized spacial score (nSPS) is 14.5. The summed E-state index contributed by atoms with van der Waals surface area (Å²) in [6, 6.07) is 13.3. The molecule has 2 amide bonds. The molecule has 0 atom stereocenters. The second kappa shape index (κ2) is 10.2. The van der Waals surface area contributed by atoms with Gasteiger partial charge in [0.2, 0.25) is 0 Å². The SMILES string of the molecule is O=C(Nc1ccon1)c1csc(C2CCN(C(=O)c3ccccc3-c3ccc(C(F)(F)F)cc3)CC2)n1. The van der Waals surface area contributed by atoms with E-state index in [1.165, 1.54) is 35.8 Å². The molecule has 1 N–H and O–H groups in total. The van der Waals surface area contributed by atoms with Gasteiger partial charge in [-0.2, -0.15) is 13.2 Å². The van der Waals surface area contributed by atoms with Crippen molar-refractivity contribution in [2.24, 2.45) is 0 Å². The van der Waals surface area contributed by atoms with Crippen LogP contribution in [0, 0.1) is 0 Å². The molecular weight excluding hydrogens is 505 g/mol. The summed E-state index contributed by atoms with van der Waals surface area (Å²) in [6.45, 7) is 1.01. The minimum Gasteiger partial charge on any atom is -0.363 e. The summed E-state index contributed by atoms with van der Waals surface area (Å²) >= 11 is 1.41. The van der Waals surface area contributed by atoms with Crippen molar-refractivity contribution in [1.82, 2.24) is 15.0 Å². The average Bonchev–Trinajstić information content (AvgIpc) is 3.61. The van der Waals surface area contributed by atoms with E-state index in [9.17, 15) is 22.8 Å². The molecule has 0 unspecified atom stereocenters. The predicted octanol–water partition coefficient (Wildman–Crippen LogP) is 6.09. The summed E-state index contributed by atoms with van der Waals surface area (Å²) < 4.78 is 43.6. The highest BCUT2D eigenvalue weighted by molar-refractivity contribution is 7.10. The van der Waals surface area contributed by atoms with Gasteiger partial charge in [0, 0.05) is 36.0 Å². The number of alkyl halides is 3. The lowest BCUT2D eigenvalue weighted by Crippen LogP contribution is -2.38. The monoisotopic (exact) mass is 526 g/mol. The van der Waals surface area contributed by atoms with Crippen LogP contribution in [-0.4, -0.2) is 39.9 Å². The number of aromatic nitrogens is 2. The van der Waals surface area contributed by atoms with Crippen LogP contribution in [0.4, 0.5) is 19.0 Å². The Kier molecular flexibility index (Phi) is 6.79. The highest BCUT2D eigenvalue weighted by Gasteiger charge is 2.31. The fourth-order valence-corrected chi connectivity index (χ4v) is 5.27. The van der Waals surface area contributed by atoms with Crippen molar-refractivity contribution in [3.63, 3.8) is 0 Å². The third kappa shape index (κ3) is 5.41. The van der Waals surface area contributed by atoms with Crippen LogP contribution in [-0.2, 0) is 6.18 Å². The molecular formula is C26H21F3N4O3S. The summed E-state index contributed by atoms with van der Waals surface area (Å²) in [5.74, 6) is -0.111. The molecule has 2 aromatic carbocycles. The van der Waals surface area contributed by atoms with Gasteiger partial charge in [-0.3, -0.25) is 9.59 Å². The third-order valence-electron chi connectivity index (χ3n) is 6.25. The zero-order valence-corrected chi connectivity index (χ0v) is 20.2. The lowest BCUT2D eigenvalue weighted by Gasteiger charge is -2.31. The van der Waals surface area contributed by atoms with Crippen LogP contribution in [0.1, 0.15) is 50.2 Å². The molecule has 1 saturated heterocycles. The van der Waals surface area contributed by atoms with Crippen LogP contribution in [0.25, 0.3) is 11.1 Å². The predicted molar refractivity (Wildman–Crippen MR) is 131 cm³/mol. The van der Waals surface area contributed by atoms with Crippen LogP contribution >= 0.6 is 11.3 Å². The maximum Gasteiger partial charge on any atom is 0.416 e. The molecule has 4 aromatic rings. The maximum absolute atomic E-state index is 13.4. The maximum atomic E-state index is 13.4. The molecule has 0 aliphatic carbocycles. The van der Waals surface area contributed by atoms with E-state index in [0.717, 1.165) is 17.1 Å². The molecule has 1 aliphatic rings. The van der Waals surface area contributed by atoms with Crippen LogP contribution in [0.3, 0.4) is 0 Å². The molecule has 1 aliphatic heterocycles. The Hall–Kier alpha value is -3.99. The fourth-order valence-electron chi connectivity index (χ4n) is 4.30. The number of carbonyl (C=O) groups is 2. The number of hydrogen-bond acceptors (Lipinski definition) is 6. The molecule has 0 spiro atoms. The van der Waals surface area contributed by atoms with Crippen molar-refractivity contribution in [2.45, 2.75) is 24.9 Å². The van der Waals surface area contributed by atoms with E-state index in [4.69, 9.17) is 4.52 Å². The standard InChI is InChI=1S/C26H21F3N4O3S/c27-26(28,29)18-7-5-16(6-8-18)19-3-1-2-4-20(19)25(35)33-12-9-17(10-13-33)24-30-21(15-37-24)23(34)31-22-11-14-36-32-22/h1-8,11,14-15,17H,9-10,12-13H2,(H,31,32,34). The smallest absolute Gasteiger partial charge is 0.363 e. The van der Waals surface area contributed by atoms with Gasteiger partial charge in [-0.1, -0.05) is 35.5 Å². The van der Waals surface area contributed by atoms with E-state index in [1.54, 1.807) is 34.5 Å². The van der Waals surface area contributed by atoms with Gasteiger partial charge in [0.05, 0.1) is 10.6 Å². The number of amides is 2. The number of nitrogens with one attached hydrogen (secondary N) is 1. The third-order valence-corrected chi connectivity index (χ3v) is 7.25. The number of piperidine rings is 1. The van der Waals surface area contributed by atoms with E-state index in [0.29, 0.717) is 54.1 Å². The number of likely N-dealkylation sites (tertiary alicyclic amines) is 1. The van der Waals surface area contributed by atoms with Gasteiger partial charge in [-0.15, -0.1) is 11.3 Å². The Morgan fingerprint density at radius 3 is 2.43 bits per heavy atom. The second-order valence-electron chi connectivity index (χ2n) is 8.60. The number of carbonyl (C=O) groups excluding carboxylic acids is 2. The summed E-state index contributed by atoms with van der Waals surface area (Å²) in [7, 11) is 0. The van der Waals surface area contributed by atoms with Gasteiger partial charge < -0.3 is 14.7 Å². The number of halogens is 3. The molecule has 3 heterocycles. The molecule has 11 heteroatoms. The number of anilines is 1.